The van der Waals surface area contributed by atoms with Gasteiger partial charge in [-0.15, -0.1) is 0 Å². The fraction of sp³-hybridized carbons (Fsp3) is 0.409. The van der Waals surface area contributed by atoms with E-state index in [1.807, 2.05) is 12.1 Å². The highest BCUT2D eigenvalue weighted by Crippen LogP contribution is 2.34. The predicted octanol–water partition coefficient (Wildman–Crippen LogP) is 4.76. The molecule has 1 atom stereocenters. The van der Waals surface area contributed by atoms with E-state index < -0.39 is 6.10 Å². The maximum atomic E-state index is 12.8. The van der Waals surface area contributed by atoms with Crippen LogP contribution in [-0.2, 0) is 11.3 Å². The fourth-order valence-electron chi connectivity index (χ4n) is 4.01. The van der Waals surface area contributed by atoms with Crippen LogP contribution < -0.4 is 11.1 Å². The third kappa shape index (κ3) is 5.20. The predicted molar refractivity (Wildman–Crippen MR) is 122 cm³/mol. The van der Waals surface area contributed by atoms with Gasteiger partial charge in [0.2, 0.25) is 0 Å². The molecule has 29 heavy (non-hydrogen) atoms. The summed E-state index contributed by atoms with van der Waals surface area (Å²) >= 11 is 6.96. The molecular formula is C22H26Br2N2O3. The monoisotopic (exact) mass is 524 g/mol. The van der Waals surface area contributed by atoms with Crippen molar-refractivity contribution in [1.82, 2.24) is 5.32 Å². The minimum atomic E-state index is -1.27. The number of aryl methyl sites for hydroxylation is 1. The molecule has 0 amide bonds. The molecule has 156 valence electrons. The molecule has 0 bridgehead atoms. The normalized spacial score (nSPS) is 20.4. The van der Waals surface area contributed by atoms with Gasteiger partial charge in [-0.1, -0.05) is 28.1 Å². The second-order valence-corrected chi connectivity index (χ2v) is 9.47. The largest absolute Gasteiger partial charge is 0.508 e. The lowest BCUT2D eigenvalue weighted by Crippen LogP contribution is -2.36. The molecule has 0 aliphatic heterocycles. The van der Waals surface area contributed by atoms with Crippen LogP contribution in [0.15, 0.2) is 39.3 Å². The van der Waals surface area contributed by atoms with Crippen LogP contribution in [0.25, 0.3) is 0 Å². The Labute approximate surface area is 188 Å². The van der Waals surface area contributed by atoms with Crippen molar-refractivity contribution in [2.45, 2.75) is 51.3 Å². The molecule has 1 saturated carbocycles. The van der Waals surface area contributed by atoms with Gasteiger partial charge in [0.15, 0.2) is 5.78 Å². The number of anilines is 1. The molecule has 3 rings (SSSR count). The topological polar surface area (TPSA) is 95.6 Å². The number of aliphatic hydroxyl groups is 1. The molecule has 1 unspecified atom stereocenters. The van der Waals surface area contributed by atoms with E-state index in [1.54, 1.807) is 19.1 Å². The van der Waals surface area contributed by atoms with E-state index in [4.69, 9.17) is 5.73 Å². The van der Waals surface area contributed by atoms with Crippen LogP contribution in [0, 0.1) is 12.8 Å². The summed E-state index contributed by atoms with van der Waals surface area (Å²) in [5.74, 6) is -0.417. The summed E-state index contributed by atoms with van der Waals surface area (Å²) in [6, 6.07) is 9.24. The van der Waals surface area contributed by atoms with E-state index in [0.29, 0.717) is 18.2 Å². The summed E-state index contributed by atoms with van der Waals surface area (Å²) in [6.07, 6.45) is 1.88. The van der Waals surface area contributed by atoms with Crippen molar-refractivity contribution in [2.24, 2.45) is 5.92 Å². The van der Waals surface area contributed by atoms with Gasteiger partial charge in [0.1, 0.15) is 11.9 Å². The number of carbonyl (C=O) groups is 1. The number of nitrogen functional groups attached to an aromatic ring is 1. The van der Waals surface area contributed by atoms with E-state index in [-0.39, 0.29) is 17.5 Å². The summed E-state index contributed by atoms with van der Waals surface area (Å²) in [7, 11) is 0. The first kappa shape index (κ1) is 22.3. The molecular weight excluding hydrogens is 500 g/mol. The zero-order chi connectivity index (χ0) is 21.1. The number of aromatic hydroxyl groups is 1. The van der Waals surface area contributed by atoms with Gasteiger partial charge in [0.25, 0.3) is 0 Å². The molecule has 0 aromatic heterocycles. The number of carbonyl (C=O) groups excluding carboxylic acids is 1. The quantitative estimate of drug-likeness (QED) is 0.408. The minimum absolute atomic E-state index is 0.0287. The summed E-state index contributed by atoms with van der Waals surface area (Å²) in [6.45, 7) is 2.45. The van der Waals surface area contributed by atoms with Gasteiger partial charge in [-0.2, -0.15) is 0 Å². The molecule has 0 radical (unpaired) electrons. The Morgan fingerprint density at radius 3 is 2.59 bits per heavy atom. The van der Waals surface area contributed by atoms with Gasteiger partial charge >= 0.3 is 0 Å². The van der Waals surface area contributed by atoms with Gasteiger partial charge in [-0.25, -0.2) is 0 Å². The van der Waals surface area contributed by atoms with Crippen LogP contribution in [0.4, 0.5) is 5.69 Å². The second-order valence-electron chi connectivity index (χ2n) is 7.70. The van der Waals surface area contributed by atoms with Gasteiger partial charge in [-0.05, 0) is 77.9 Å². The van der Waals surface area contributed by atoms with Crippen molar-refractivity contribution in [3.05, 3.63) is 56.0 Å². The Bertz CT molecular complexity index is 876. The van der Waals surface area contributed by atoms with E-state index in [9.17, 15) is 15.0 Å². The Morgan fingerprint density at radius 2 is 1.93 bits per heavy atom. The molecule has 1 aliphatic carbocycles. The average molecular weight is 526 g/mol. The lowest BCUT2D eigenvalue weighted by atomic mass is 9.80. The maximum Gasteiger partial charge on any atom is 0.169 e. The van der Waals surface area contributed by atoms with Gasteiger partial charge in [-0.3, -0.25) is 4.79 Å². The van der Waals surface area contributed by atoms with E-state index >= 15 is 0 Å². The van der Waals surface area contributed by atoms with Crippen LogP contribution >= 0.6 is 31.9 Å². The molecule has 2 aromatic rings. The molecule has 1 aliphatic rings. The smallest absolute Gasteiger partial charge is 0.169 e. The first-order chi connectivity index (χ1) is 13.8. The van der Waals surface area contributed by atoms with E-state index in [1.165, 1.54) is 6.07 Å². The number of halogens is 2. The van der Waals surface area contributed by atoms with Gasteiger partial charge in [0, 0.05) is 33.0 Å². The van der Waals surface area contributed by atoms with Crippen LogP contribution in [0.5, 0.6) is 5.75 Å². The fourth-order valence-corrected chi connectivity index (χ4v) is 5.32. The third-order valence-electron chi connectivity index (χ3n) is 5.73. The van der Waals surface area contributed by atoms with Gasteiger partial charge in [0.05, 0.1) is 5.69 Å². The van der Waals surface area contributed by atoms with Crippen LogP contribution in [0.2, 0.25) is 0 Å². The standard InChI is InChI=1S/C22H26Br2N2O3/c1-12-3-2-4-18(27)19(12)22(29)21(28)13-5-7-16(8-6-13)26-11-14-9-15(23)10-17(24)20(14)25/h2-4,9-10,13,16,22,26-27,29H,5-8,11,25H2,1H3. The lowest BCUT2D eigenvalue weighted by Gasteiger charge is -2.30. The van der Waals surface area contributed by atoms with Crippen LogP contribution in [-0.4, -0.2) is 22.0 Å². The maximum absolute atomic E-state index is 12.8. The molecule has 5 N–H and O–H groups in total. The Hall–Kier alpha value is -1.41. The highest BCUT2D eigenvalue weighted by atomic mass is 79.9. The molecule has 0 spiro atoms. The number of hydrogen-bond donors (Lipinski definition) is 4. The molecule has 0 saturated heterocycles. The molecule has 5 nitrogen and oxygen atoms in total. The highest BCUT2D eigenvalue weighted by molar-refractivity contribution is 9.11. The molecule has 0 heterocycles. The summed E-state index contributed by atoms with van der Waals surface area (Å²) in [4.78, 5) is 12.8. The second kappa shape index (κ2) is 9.60. The molecule has 2 aromatic carbocycles. The van der Waals surface area contributed by atoms with E-state index in [2.05, 4.69) is 37.2 Å². The summed E-state index contributed by atoms with van der Waals surface area (Å²) in [5, 5.41) is 24.1. The number of nitrogens with two attached hydrogens (primary N) is 1. The highest BCUT2D eigenvalue weighted by Gasteiger charge is 2.32. The van der Waals surface area contributed by atoms with Crippen molar-refractivity contribution < 1.29 is 15.0 Å². The number of rotatable bonds is 6. The molecule has 7 heteroatoms. The van der Waals surface area contributed by atoms with Crippen molar-refractivity contribution in [3.8, 4) is 5.75 Å². The number of phenols is 1. The first-order valence-electron chi connectivity index (χ1n) is 9.75. The lowest BCUT2D eigenvalue weighted by molar-refractivity contribution is -0.132. The molecule has 1 fully saturated rings. The van der Waals surface area contributed by atoms with E-state index in [0.717, 1.165) is 51.4 Å². The summed E-state index contributed by atoms with van der Waals surface area (Å²) in [5.41, 5.74) is 8.94. The first-order valence-corrected chi connectivity index (χ1v) is 11.3. The number of aliphatic hydroxyl groups excluding tert-OH is 1. The number of benzene rings is 2. The van der Waals surface area contributed by atoms with Crippen molar-refractivity contribution in [3.63, 3.8) is 0 Å². The number of hydrogen-bond acceptors (Lipinski definition) is 5. The van der Waals surface area contributed by atoms with Crippen molar-refractivity contribution in [2.75, 3.05) is 5.73 Å². The van der Waals surface area contributed by atoms with Crippen LogP contribution in [0.1, 0.15) is 48.5 Å². The number of ketones is 1. The minimum Gasteiger partial charge on any atom is -0.508 e. The Balaban J connectivity index is 1.56. The zero-order valence-corrected chi connectivity index (χ0v) is 19.5. The zero-order valence-electron chi connectivity index (χ0n) is 16.3. The third-order valence-corrected chi connectivity index (χ3v) is 6.85. The number of phenolic OH excluding ortho intramolecular Hbond substituents is 1. The Kier molecular flexibility index (Phi) is 7.37. The van der Waals surface area contributed by atoms with Crippen molar-refractivity contribution >= 4 is 43.3 Å². The Morgan fingerprint density at radius 1 is 1.24 bits per heavy atom. The van der Waals surface area contributed by atoms with Crippen LogP contribution in [0.3, 0.4) is 0 Å². The summed E-state index contributed by atoms with van der Waals surface area (Å²) < 4.78 is 1.84. The SMILES string of the molecule is Cc1cccc(O)c1C(O)C(=O)C1CCC(NCc2cc(Br)cc(Br)c2N)CC1. The average Bonchev–Trinajstić information content (AvgIpc) is 2.69. The van der Waals surface area contributed by atoms with Gasteiger partial charge < -0.3 is 21.3 Å². The van der Waals surface area contributed by atoms with Crippen molar-refractivity contribution in [1.29, 1.82) is 0 Å². The number of nitrogens with one attached hydrogen (secondary N) is 1. The number of Topliss-reactive ketones (excluding diaryl/α,β-unsaturated/α-hetero) is 1.